The number of nitrogens with two attached hydrogens (primary N) is 1. The van der Waals surface area contributed by atoms with Gasteiger partial charge in [0.25, 0.3) is 0 Å². The van der Waals surface area contributed by atoms with Crippen molar-refractivity contribution in [2.75, 3.05) is 13.7 Å². The molecule has 0 spiro atoms. The molecule has 0 rings (SSSR count). The van der Waals surface area contributed by atoms with Crippen molar-refractivity contribution in [2.45, 2.75) is 6.42 Å². The molecule has 0 aliphatic carbocycles. The molecule has 0 bridgehead atoms. The summed E-state index contributed by atoms with van der Waals surface area (Å²) in [7, 11) is 1.55. The number of hydrogen-bond donors (Lipinski definition) is 1. The maximum Gasteiger partial charge on any atom is 0.160 e. The summed E-state index contributed by atoms with van der Waals surface area (Å²) in [4.78, 5) is 0. The standard InChI is InChI=1S/C4H9NOS/c1-6-4(7)2-3-5/h2-3,5H2,1H3. The molecule has 0 aromatic rings. The second kappa shape index (κ2) is 4.02. The second-order valence-corrected chi connectivity index (χ2v) is 1.57. The fourth-order valence-electron chi connectivity index (χ4n) is 0.220. The molecule has 0 saturated carbocycles. The largest absolute Gasteiger partial charge is 0.490 e. The lowest BCUT2D eigenvalue weighted by molar-refractivity contribution is 0.403. The Morgan fingerprint density at radius 2 is 2.43 bits per heavy atom. The number of thiocarbonyl (C=S) groups is 1. The molecule has 7 heavy (non-hydrogen) atoms. The van der Waals surface area contributed by atoms with Gasteiger partial charge in [0.1, 0.15) is 0 Å². The Bertz CT molecular complexity index is 64.7. The molecule has 0 aromatic carbocycles. The van der Waals surface area contributed by atoms with Gasteiger partial charge in [0, 0.05) is 13.0 Å². The first-order valence-corrected chi connectivity index (χ1v) is 2.49. The van der Waals surface area contributed by atoms with Gasteiger partial charge in [-0.2, -0.15) is 0 Å². The predicted molar refractivity (Wildman–Crippen MR) is 33.3 cm³/mol. The number of methoxy groups -OCH3 is 1. The summed E-state index contributed by atoms with van der Waals surface area (Å²) in [5.74, 6) is 0. The van der Waals surface area contributed by atoms with Crippen molar-refractivity contribution in [3.05, 3.63) is 0 Å². The first kappa shape index (κ1) is 6.85. The maximum atomic E-state index is 5.14. The van der Waals surface area contributed by atoms with Gasteiger partial charge in [-0.3, -0.25) is 0 Å². The van der Waals surface area contributed by atoms with E-state index in [-0.39, 0.29) is 0 Å². The summed E-state index contributed by atoms with van der Waals surface area (Å²) in [5.41, 5.74) is 5.14. The highest BCUT2D eigenvalue weighted by Crippen LogP contribution is 1.81. The molecule has 0 heterocycles. The van der Waals surface area contributed by atoms with Gasteiger partial charge < -0.3 is 10.5 Å². The summed E-state index contributed by atoms with van der Waals surface area (Å²) in [6, 6.07) is 0. The average molecular weight is 119 g/mol. The van der Waals surface area contributed by atoms with E-state index >= 15 is 0 Å². The van der Waals surface area contributed by atoms with Crippen LogP contribution in [0.25, 0.3) is 0 Å². The lowest BCUT2D eigenvalue weighted by atomic mass is 10.5. The van der Waals surface area contributed by atoms with E-state index in [2.05, 4.69) is 17.0 Å². The molecular weight excluding hydrogens is 110 g/mol. The second-order valence-electron chi connectivity index (χ2n) is 1.11. The smallest absolute Gasteiger partial charge is 0.160 e. The number of hydrogen-bond acceptors (Lipinski definition) is 3. The Morgan fingerprint density at radius 1 is 1.86 bits per heavy atom. The molecule has 2 N–H and O–H groups in total. The number of rotatable bonds is 2. The summed E-state index contributed by atoms with van der Waals surface area (Å²) in [5, 5.41) is 0.586. The Morgan fingerprint density at radius 3 is 2.57 bits per heavy atom. The van der Waals surface area contributed by atoms with Gasteiger partial charge in [-0.25, -0.2) is 0 Å². The van der Waals surface area contributed by atoms with Gasteiger partial charge in [0.05, 0.1) is 7.11 Å². The van der Waals surface area contributed by atoms with Crippen LogP contribution in [0.5, 0.6) is 0 Å². The van der Waals surface area contributed by atoms with E-state index in [1.54, 1.807) is 7.11 Å². The fraction of sp³-hybridized carbons (Fsp3) is 0.750. The van der Waals surface area contributed by atoms with Crippen molar-refractivity contribution in [1.82, 2.24) is 0 Å². The molecule has 0 amide bonds. The maximum absolute atomic E-state index is 5.14. The Kier molecular flexibility index (Phi) is 3.93. The zero-order valence-corrected chi connectivity index (χ0v) is 5.12. The van der Waals surface area contributed by atoms with Crippen molar-refractivity contribution in [3.8, 4) is 0 Å². The van der Waals surface area contributed by atoms with E-state index in [0.29, 0.717) is 18.0 Å². The van der Waals surface area contributed by atoms with E-state index in [0.717, 1.165) is 0 Å². The van der Waals surface area contributed by atoms with E-state index in [1.807, 2.05) is 0 Å². The van der Waals surface area contributed by atoms with Gasteiger partial charge >= 0.3 is 0 Å². The van der Waals surface area contributed by atoms with Gasteiger partial charge in [0.2, 0.25) is 0 Å². The highest BCUT2D eigenvalue weighted by Gasteiger charge is 1.87. The molecule has 0 saturated heterocycles. The highest BCUT2D eigenvalue weighted by molar-refractivity contribution is 7.80. The lowest BCUT2D eigenvalue weighted by Gasteiger charge is -1.95. The van der Waals surface area contributed by atoms with Crippen LogP contribution < -0.4 is 5.73 Å². The normalized spacial score (nSPS) is 8.29. The van der Waals surface area contributed by atoms with Crippen molar-refractivity contribution in [1.29, 1.82) is 0 Å². The van der Waals surface area contributed by atoms with Crippen LogP contribution in [0.4, 0.5) is 0 Å². The van der Waals surface area contributed by atoms with E-state index < -0.39 is 0 Å². The molecule has 0 unspecified atom stereocenters. The van der Waals surface area contributed by atoms with Gasteiger partial charge in [-0.15, -0.1) is 0 Å². The van der Waals surface area contributed by atoms with Gasteiger partial charge in [-0.1, -0.05) is 0 Å². The third kappa shape index (κ3) is 3.69. The molecule has 0 aliphatic heterocycles. The topological polar surface area (TPSA) is 35.2 Å². The molecule has 2 nitrogen and oxygen atoms in total. The summed E-state index contributed by atoms with van der Waals surface area (Å²) in [6.07, 6.45) is 0.686. The monoisotopic (exact) mass is 119 g/mol. The minimum atomic E-state index is 0.576. The SMILES string of the molecule is COC(=S)CCN. The van der Waals surface area contributed by atoms with Crippen LogP contribution in [-0.4, -0.2) is 18.7 Å². The van der Waals surface area contributed by atoms with Crippen LogP contribution in [-0.2, 0) is 4.74 Å². The molecule has 0 atom stereocenters. The molecule has 0 fully saturated rings. The molecular formula is C4H9NOS. The average Bonchev–Trinajstić information content (AvgIpc) is 1.68. The molecule has 42 valence electrons. The van der Waals surface area contributed by atoms with Crippen LogP contribution >= 0.6 is 12.2 Å². The Hall–Kier alpha value is -0.150. The zero-order valence-electron chi connectivity index (χ0n) is 4.31. The third-order valence-corrected chi connectivity index (χ3v) is 0.947. The van der Waals surface area contributed by atoms with Gasteiger partial charge in [-0.05, 0) is 12.2 Å². The number of ether oxygens (including phenoxy) is 1. The van der Waals surface area contributed by atoms with Crippen LogP contribution in [0.1, 0.15) is 6.42 Å². The van der Waals surface area contributed by atoms with Crippen LogP contribution in [0, 0.1) is 0 Å². The minimum Gasteiger partial charge on any atom is -0.490 e. The minimum absolute atomic E-state index is 0.576. The van der Waals surface area contributed by atoms with Crippen molar-refractivity contribution in [2.24, 2.45) is 5.73 Å². The highest BCUT2D eigenvalue weighted by atomic mass is 32.1. The first-order valence-electron chi connectivity index (χ1n) is 2.08. The van der Waals surface area contributed by atoms with Crippen LogP contribution in [0.2, 0.25) is 0 Å². The van der Waals surface area contributed by atoms with E-state index in [4.69, 9.17) is 5.73 Å². The van der Waals surface area contributed by atoms with Gasteiger partial charge in [0.15, 0.2) is 5.05 Å². The predicted octanol–water partition coefficient (Wildman–Crippen LogP) is 0.309. The Balaban J connectivity index is 3.00. The zero-order chi connectivity index (χ0) is 5.70. The van der Waals surface area contributed by atoms with E-state index in [9.17, 15) is 0 Å². The molecule has 0 aromatic heterocycles. The Labute approximate surface area is 48.6 Å². The third-order valence-electron chi connectivity index (χ3n) is 0.576. The summed E-state index contributed by atoms with van der Waals surface area (Å²) in [6.45, 7) is 0.576. The van der Waals surface area contributed by atoms with E-state index in [1.165, 1.54) is 0 Å². The molecule has 0 aliphatic rings. The molecule has 0 radical (unpaired) electrons. The quantitative estimate of drug-likeness (QED) is 0.531. The van der Waals surface area contributed by atoms with Crippen LogP contribution in [0.3, 0.4) is 0 Å². The van der Waals surface area contributed by atoms with Crippen molar-refractivity contribution < 1.29 is 4.74 Å². The fourth-order valence-corrected chi connectivity index (χ4v) is 0.338. The summed E-state index contributed by atoms with van der Waals surface area (Å²) >= 11 is 4.65. The lowest BCUT2D eigenvalue weighted by Crippen LogP contribution is -2.06. The van der Waals surface area contributed by atoms with Crippen molar-refractivity contribution >= 4 is 17.3 Å². The summed E-state index contributed by atoms with van der Waals surface area (Å²) < 4.78 is 4.64. The molecule has 3 heteroatoms. The van der Waals surface area contributed by atoms with Crippen molar-refractivity contribution in [3.63, 3.8) is 0 Å². The van der Waals surface area contributed by atoms with Crippen LogP contribution in [0.15, 0.2) is 0 Å². The first-order chi connectivity index (χ1) is 3.31.